The summed E-state index contributed by atoms with van der Waals surface area (Å²) in [5.41, 5.74) is 8.56. The fourth-order valence-electron chi connectivity index (χ4n) is 1.90. The van der Waals surface area contributed by atoms with Gasteiger partial charge in [-0.1, -0.05) is 0 Å². The maximum atomic E-state index is 14.0. The predicted octanol–water partition coefficient (Wildman–Crippen LogP) is 3.33. The van der Waals surface area contributed by atoms with Gasteiger partial charge in [0.05, 0.1) is 4.90 Å². The molecule has 0 aliphatic heterocycles. The van der Waals surface area contributed by atoms with Gasteiger partial charge < -0.3 is 5.73 Å². The Balaban J connectivity index is 2.36. The molecule has 0 amide bonds. The first-order valence-electron chi connectivity index (χ1n) is 6.60. The molecule has 21 heavy (non-hydrogen) atoms. The Labute approximate surface area is 127 Å². The van der Waals surface area contributed by atoms with Crippen LogP contribution in [0.25, 0.3) is 0 Å². The molecule has 2 N–H and O–H groups in total. The minimum Gasteiger partial charge on any atom is -0.330 e. The van der Waals surface area contributed by atoms with Crippen molar-refractivity contribution in [2.45, 2.75) is 37.2 Å². The van der Waals surface area contributed by atoms with Crippen molar-refractivity contribution in [3.8, 4) is 0 Å². The van der Waals surface area contributed by atoms with Gasteiger partial charge in [-0.15, -0.1) is 0 Å². The summed E-state index contributed by atoms with van der Waals surface area (Å²) < 4.78 is 28.1. The van der Waals surface area contributed by atoms with Crippen molar-refractivity contribution in [2.75, 3.05) is 6.54 Å². The van der Waals surface area contributed by atoms with E-state index in [1.807, 2.05) is 20.8 Å². The molecular weight excluding hydrogens is 292 g/mol. The van der Waals surface area contributed by atoms with Crippen molar-refractivity contribution in [3.05, 3.63) is 46.3 Å². The Morgan fingerprint density at radius 2 is 1.57 bits per heavy atom. The summed E-state index contributed by atoms with van der Waals surface area (Å²) in [7, 11) is 0. The summed E-state index contributed by atoms with van der Waals surface area (Å²) in [5.74, 6) is -1.22. The van der Waals surface area contributed by atoms with Gasteiger partial charge in [0.1, 0.15) is 11.6 Å². The first-order valence-corrected chi connectivity index (χ1v) is 7.41. The van der Waals surface area contributed by atoms with Crippen LogP contribution in [-0.4, -0.2) is 16.5 Å². The Hall–Kier alpha value is -1.53. The first-order chi connectivity index (χ1) is 9.92. The number of nitrogens with two attached hydrogens (primary N) is 1. The molecule has 0 fully saturated rings. The molecule has 0 unspecified atom stereocenters. The van der Waals surface area contributed by atoms with Crippen LogP contribution >= 0.6 is 11.8 Å². The van der Waals surface area contributed by atoms with Gasteiger partial charge in [-0.05, 0) is 68.8 Å². The summed E-state index contributed by atoms with van der Waals surface area (Å²) >= 11 is 0.901. The van der Waals surface area contributed by atoms with Crippen molar-refractivity contribution in [1.82, 2.24) is 9.97 Å². The normalized spacial score (nSPS) is 11.0. The van der Waals surface area contributed by atoms with E-state index >= 15 is 0 Å². The van der Waals surface area contributed by atoms with Crippen LogP contribution in [0.4, 0.5) is 8.78 Å². The molecule has 0 spiro atoms. The topological polar surface area (TPSA) is 51.8 Å². The van der Waals surface area contributed by atoms with E-state index in [9.17, 15) is 8.78 Å². The maximum absolute atomic E-state index is 14.0. The molecule has 0 saturated heterocycles. The van der Waals surface area contributed by atoms with Crippen LogP contribution in [0.3, 0.4) is 0 Å². The molecule has 1 heterocycles. The monoisotopic (exact) mass is 309 g/mol. The molecule has 0 atom stereocenters. The van der Waals surface area contributed by atoms with Gasteiger partial charge in [-0.3, -0.25) is 0 Å². The lowest BCUT2D eigenvalue weighted by molar-refractivity contribution is 0.536. The summed E-state index contributed by atoms with van der Waals surface area (Å²) in [6, 6.07) is 2.62. The molecule has 3 nitrogen and oxygen atoms in total. The van der Waals surface area contributed by atoms with Crippen LogP contribution in [0.2, 0.25) is 0 Å². The number of hydrogen-bond donors (Lipinski definition) is 1. The van der Waals surface area contributed by atoms with Crippen LogP contribution in [0.1, 0.15) is 22.5 Å². The van der Waals surface area contributed by atoms with E-state index < -0.39 is 11.6 Å². The van der Waals surface area contributed by atoms with Crippen molar-refractivity contribution in [2.24, 2.45) is 5.73 Å². The lowest BCUT2D eigenvalue weighted by Crippen LogP contribution is -2.04. The fourth-order valence-corrected chi connectivity index (χ4v) is 2.76. The molecule has 0 aliphatic carbocycles. The number of benzene rings is 1. The van der Waals surface area contributed by atoms with Gasteiger partial charge >= 0.3 is 0 Å². The Morgan fingerprint density at radius 3 is 2.05 bits per heavy atom. The number of halogens is 2. The highest BCUT2D eigenvalue weighted by Crippen LogP contribution is 2.31. The quantitative estimate of drug-likeness (QED) is 0.880. The zero-order valence-corrected chi connectivity index (χ0v) is 13.0. The van der Waals surface area contributed by atoms with E-state index in [1.54, 1.807) is 0 Å². The van der Waals surface area contributed by atoms with E-state index in [-0.39, 0.29) is 4.90 Å². The highest BCUT2D eigenvalue weighted by atomic mass is 32.2. The number of hydrogen-bond acceptors (Lipinski definition) is 4. The largest absolute Gasteiger partial charge is 0.330 e. The van der Waals surface area contributed by atoms with Crippen molar-refractivity contribution < 1.29 is 8.78 Å². The van der Waals surface area contributed by atoms with Gasteiger partial charge in [0.2, 0.25) is 0 Å². The van der Waals surface area contributed by atoms with E-state index in [1.165, 1.54) is 12.1 Å². The smallest absolute Gasteiger partial charge is 0.193 e. The fraction of sp³-hybridized carbons (Fsp3) is 0.333. The number of aromatic nitrogens is 2. The molecule has 0 saturated carbocycles. The van der Waals surface area contributed by atoms with Crippen LogP contribution in [-0.2, 0) is 6.42 Å². The first kappa shape index (κ1) is 15.9. The third-order valence-electron chi connectivity index (χ3n) is 3.30. The third-order valence-corrected chi connectivity index (χ3v) is 4.26. The average molecular weight is 309 g/mol. The van der Waals surface area contributed by atoms with Crippen molar-refractivity contribution in [3.63, 3.8) is 0 Å². The van der Waals surface area contributed by atoms with E-state index in [0.29, 0.717) is 23.7 Å². The number of nitrogens with zero attached hydrogens (tertiary/aromatic N) is 2. The van der Waals surface area contributed by atoms with E-state index in [2.05, 4.69) is 9.97 Å². The number of rotatable bonds is 4. The molecule has 6 heteroatoms. The van der Waals surface area contributed by atoms with Crippen molar-refractivity contribution in [1.29, 1.82) is 0 Å². The van der Waals surface area contributed by atoms with Gasteiger partial charge in [0, 0.05) is 11.4 Å². The Bertz CT molecular complexity index is 628. The standard InChI is InChI=1S/C15H17F2N3S/c1-8-9(2)19-15(20-10(8)3)21-14-12(16)6-11(4-5-18)7-13(14)17/h6-7H,4-5,18H2,1-3H3. The second-order valence-corrected chi connectivity index (χ2v) is 5.81. The van der Waals surface area contributed by atoms with Crippen LogP contribution in [0, 0.1) is 32.4 Å². The lowest BCUT2D eigenvalue weighted by Gasteiger charge is -2.09. The predicted molar refractivity (Wildman–Crippen MR) is 79.5 cm³/mol. The molecule has 0 aliphatic rings. The molecule has 2 rings (SSSR count). The SMILES string of the molecule is Cc1nc(Sc2c(F)cc(CCN)cc2F)nc(C)c1C. The average Bonchev–Trinajstić information content (AvgIpc) is 2.40. The molecule has 1 aromatic heterocycles. The Kier molecular flexibility index (Phi) is 4.90. The highest BCUT2D eigenvalue weighted by Gasteiger charge is 2.15. The highest BCUT2D eigenvalue weighted by molar-refractivity contribution is 7.99. The second kappa shape index (κ2) is 6.49. The molecule has 2 aromatic rings. The molecular formula is C15H17F2N3S. The third kappa shape index (κ3) is 3.57. The lowest BCUT2D eigenvalue weighted by atomic mass is 10.1. The molecule has 0 radical (unpaired) electrons. The Morgan fingerprint density at radius 1 is 1.05 bits per heavy atom. The van der Waals surface area contributed by atoms with Gasteiger partial charge in [-0.25, -0.2) is 18.7 Å². The summed E-state index contributed by atoms with van der Waals surface area (Å²) in [4.78, 5) is 8.45. The van der Waals surface area contributed by atoms with Crippen molar-refractivity contribution >= 4 is 11.8 Å². The maximum Gasteiger partial charge on any atom is 0.193 e. The number of aryl methyl sites for hydroxylation is 2. The van der Waals surface area contributed by atoms with Gasteiger partial charge in [0.25, 0.3) is 0 Å². The minimum absolute atomic E-state index is 0.0848. The van der Waals surface area contributed by atoms with Gasteiger partial charge in [-0.2, -0.15) is 0 Å². The molecule has 0 bridgehead atoms. The summed E-state index contributed by atoms with van der Waals surface area (Å²) in [5, 5.41) is 0.347. The molecule has 1 aromatic carbocycles. The van der Waals surface area contributed by atoms with Crippen LogP contribution in [0.15, 0.2) is 22.2 Å². The minimum atomic E-state index is -0.608. The van der Waals surface area contributed by atoms with Gasteiger partial charge in [0.15, 0.2) is 5.16 Å². The molecule has 112 valence electrons. The second-order valence-electron chi connectivity index (χ2n) is 4.83. The van der Waals surface area contributed by atoms with Crippen LogP contribution in [0.5, 0.6) is 0 Å². The van der Waals surface area contributed by atoms with Crippen LogP contribution < -0.4 is 5.73 Å². The van der Waals surface area contributed by atoms with E-state index in [4.69, 9.17) is 5.73 Å². The summed E-state index contributed by atoms with van der Waals surface area (Å²) in [6.07, 6.45) is 0.442. The summed E-state index contributed by atoms with van der Waals surface area (Å²) in [6.45, 7) is 5.98. The zero-order valence-electron chi connectivity index (χ0n) is 12.2. The van der Waals surface area contributed by atoms with E-state index in [0.717, 1.165) is 28.7 Å². The zero-order chi connectivity index (χ0) is 15.6.